The number of hydrogen-bond donors (Lipinski definition) is 2. The Kier molecular flexibility index (Phi) is 5.11. The summed E-state index contributed by atoms with van der Waals surface area (Å²) in [6, 6.07) is 13.8. The van der Waals surface area contributed by atoms with Crippen LogP contribution in [0.15, 0.2) is 42.5 Å². The highest BCUT2D eigenvalue weighted by Crippen LogP contribution is 2.27. The summed E-state index contributed by atoms with van der Waals surface area (Å²) in [7, 11) is 0. The number of rotatable bonds is 6. The molecular formula is C20H25N5O. The van der Waals surface area contributed by atoms with E-state index in [1.807, 2.05) is 42.5 Å². The molecule has 2 N–H and O–H groups in total. The SMILES string of the molecule is OC1CCCCC1CCCNc1ccc2nnc(-c3ccccc3)n2n1. The molecule has 6 nitrogen and oxygen atoms in total. The number of hydrogen-bond acceptors (Lipinski definition) is 5. The monoisotopic (exact) mass is 351 g/mol. The van der Waals surface area contributed by atoms with Crippen molar-refractivity contribution in [2.75, 3.05) is 11.9 Å². The molecule has 2 aromatic heterocycles. The molecule has 1 aliphatic rings. The summed E-state index contributed by atoms with van der Waals surface area (Å²) in [6.45, 7) is 0.852. The van der Waals surface area contributed by atoms with E-state index >= 15 is 0 Å². The maximum atomic E-state index is 10.1. The number of fused-ring (bicyclic) bond motifs is 1. The number of nitrogens with zero attached hydrogens (tertiary/aromatic N) is 4. The van der Waals surface area contributed by atoms with Crippen LogP contribution in [0.1, 0.15) is 38.5 Å². The molecule has 136 valence electrons. The van der Waals surface area contributed by atoms with Gasteiger partial charge in [-0.05, 0) is 43.7 Å². The molecule has 6 heteroatoms. The summed E-state index contributed by atoms with van der Waals surface area (Å²) in [5.41, 5.74) is 1.73. The fraction of sp³-hybridized carbons (Fsp3) is 0.450. The minimum atomic E-state index is -0.108. The molecule has 0 aliphatic heterocycles. The molecule has 4 rings (SSSR count). The minimum Gasteiger partial charge on any atom is -0.393 e. The first-order valence-corrected chi connectivity index (χ1v) is 9.51. The lowest BCUT2D eigenvalue weighted by molar-refractivity contribution is 0.0648. The van der Waals surface area contributed by atoms with Crippen molar-refractivity contribution in [2.24, 2.45) is 5.92 Å². The van der Waals surface area contributed by atoms with Gasteiger partial charge in [0.05, 0.1) is 6.10 Å². The Morgan fingerprint density at radius 2 is 1.88 bits per heavy atom. The van der Waals surface area contributed by atoms with E-state index in [1.54, 1.807) is 4.52 Å². The number of nitrogens with one attached hydrogen (secondary N) is 1. The van der Waals surface area contributed by atoms with Gasteiger partial charge in [-0.1, -0.05) is 43.2 Å². The molecule has 26 heavy (non-hydrogen) atoms. The Bertz CT molecular complexity index is 848. The maximum Gasteiger partial charge on any atom is 0.185 e. The molecule has 0 spiro atoms. The van der Waals surface area contributed by atoms with Crippen LogP contribution in [-0.4, -0.2) is 37.6 Å². The Morgan fingerprint density at radius 3 is 2.73 bits per heavy atom. The Labute approximate surface area is 153 Å². The molecule has 2 unspecified atom stereocenters. The first-order valence-electron chi connectivity index (χ1n) is 9.51. The van der Waals surface area contributed by atoms with Gasteiger partial charge >= 0.3 is 0 Å². The summed E-state index contributed by atoms with van der Waals surface area (Å²) < 4.78 is 1.78. The maximum absolute atomic E-state index is 10.1. The standard InChI is InChI=1S/C20H25N5O/c26-17-11-5-4-7-15(17)10-6-14-21-18-12-13-19-22-23-20(25(19)24-18)16-8-2-1-3-9-16/h1-3,8-9,12-13,15,17,26H,4-7,10-11,14H2,(H,21,24). The van der Waals surface area contributed by atoms with E-state index in [0.29, 0.717) is 5.92 Å². The van der Waals surface area contributed by atoms with Gasteiger partial charge in [-0.3, -0.25) is 0 Å². The van der Waals surface area contributed by atoms with Crippen LogP contribution >= 0.6 is 0 Å². The number of aliphatic hydroxyl groups is 1. The van der Waals surface area contributed by atoms with Gasteiger partial charge in [0.15, 0.2) is 11.5 Å². The normalized spacial score (nSPS) is 20.3. The zero-order valence-corrected chi connectivity index (χ0v) is 14.9. The van der Waals surface area contributed by atoms with E-state index in [4.69, 9.17) is 0 Å². The highest BCUT2D eigenvalue weighted by atomic mass is 16.3. The molecule has 0 amide bonds. The second-order valence-electron chi connectivity index (χ2n) is 7.06. The van der Waals surface area contributed by atoms with Crippen molar-refractivity contribution in [1.29, 1.82) is 0 Å². The quantitative estimate of drug-likeness (QED) is 0.665. The number of anilines is 1. The molecule has 1 saturated carbocycles. The summed E-state index contributed by atoms with van der Waals surface area (Å²) in [6.07, 6.45) is 6.54. The topological polar surface area (TPSA) is 75.3 Å². The van der Waals surface area contributed by atoms with Crippen LogP contribution in [0, 0.1) is 5.92 Å². The smallest absolute Gasteiger partial charge is 0.185 e. The summed E-state index contributed by atoms with van der Waals surface area (Å²) in [5, 5.41) is 26.6. The van der Waals surface area contributed by atoms with Crippen molar-refractivity contribution >= 4 is 11.5 Å². The predicted octanol–water partition coefficient (Wildman–Crippen LogP) is 3.53. The van der Waals surface area contributed by atoms with Gasteiger partial charge in [-0.2, -0.15) is 4.52 Å². The average molecular weight is 351 g/mol. The lowest BCUT2D eigenvalue weighted by Gasteiger charge is -2.27. The Hall–Kier alpha value is -2.47. The van der Waals surface area contributed by atoms with Crippen LogP contribution in [0.4, 0.5) is 5.82 Å². The van der Waals surface area contributed by atoms with Gasteiger partial charge in [0, 0.05) is 12.1 Å². The van der Waals surface area contributed by atoms with Gasteiger partial charge in [0.1, 0.15) is 5.82 Å². The summed E-state index contributed by atoms with van der Waals surface area (Å²) >= 11 is 0. The van der Waals surface area contributed by atoms with Crippen molar-refractivity contribution in [1.82, 2.24) is 19.8 Å². The molecule has 2 heterocycles. The average Bonchev–Trinajstić information content (AvgIpc) is 3.10. The van der Waals surface area contributed by atoms with Crippen LogP contribution in [0.25, 0.3) is 17.0 Å². The molecule has 0 radical (unpaired) electrons. The van der Waals surface area contributed by atoms with Crippen LogP contribution in [-0.2, 0) is 0 Å². The number of aromatic nitrogens is 4. The number of aliphatic hydroxyl groups excluding tert-OH is 1. The van der Waals surface area contributed by atoms with Gasteiger partial charge < -0.3 is 10.4 Å². The first kappa shape index (κ1) is 17.0. The summed E-state index contributed by atoms with van der Waals surface area (Å²) in [4.78, 5) is 0. The lowest BCUT2D eigenvalue weighted by Crippen LogP contribution is -2.24. The first-order chi connectivity index (χ1) is 12.8. The van der Waals surface area contributed by atoms with E-state index in [1.165, 1.54) is 12.8 Å². The highest BCUT2D eigenvalue weighted by molar-refractivity contribution is 5.59. The third-order valence-corrected chi connectivity index (χ3v) is 5.22. The second kappa shape index (κ2) is 7.83. The van der Waals surface area contributed by atoms with Crippen molar-refractivity contribution < 1.29 is 5.11 Å². The Morgan fingerprint density at radius 1 is 1.04 bits per heavy atom. The lowest BCUT2D eigenvalue weighted by atomic mass is 9.83. The molecule has 1 aromatic carbocycles. The van der Waals surface area contributed by atoms with E-state index < -0.39 is 0 Å². The summed E-state index contributed by atoms with van der Waals surface area (Å²) in [5.74, 6) is 2.02. The Balaban J connectivity index is 1.39. The third kappa shape index (κ3) is 3.70. The van der Waals surface area contributed by atoms with E-state index in [-0.39, 0.29) is 6.10 Å². The van der Waals surface area contributed by atoms with Crippen LogP contribution < -0.4 is 5.32 Å². The van der Waals surface area contributed by atoms with E-state index in [0.717, 1.165) is 55.1 Å². The minimum absolute atomic E-state index is 0.108. The van der Waals surface area contributed by atoms with Gasteiger partial charge in [0.25, 0.3) is 0 Å². The third-order valence-electron chi connectivity index (χ3n) is 5.22. The van der Waals surface area contributed by atoms with Crippen molar-refractivity contribution in [3.05, 3.63) is 42.5 Å². The fourth-order valence-corrected chi connectivity index (χ4v) is 3.76. The van der Waals surface area contributed by atoms with Crippen LogP contribution in [0.2, 0.25) is 0 Å². The molecule has 0 bridgehead atoms. The van der Waals surface area contributed by atoms with Crippen molar-refractivity contribution in [3.63, 3.8) is 0 Å². The van der Waals surface area contributed by atoms with Gasteiger partial charge in [-0.15, -0.1) is 15.3 Å². The predicted molar refractivity (Wildman–Crippen MR) is 102 cm³/mol. The zero-order valence-electron chi connectivity index (χ0n) is 14.9. The largest absolute Gasteiger partial charge is 0.393 e. The molecule has 2 atom stereocenters. The zero-order chi connectivity index (χ0) is 17.8. The van der Waals surface area contributed by atoms with E-state index in [9.17, 15) is 5.11 Å². The van der Waals surface area contributed by atoms with Crippen molar-refractivity contribution in [3.8, 4) is 11.4 Å². The number of benzene rings is 1. The fourth-order valence-electron chi connectivity index (χ4n) is 3.76. The van der Waals surface area contributed by atoms with E-state index in [2.05, 4.69) is 20.6 Å². The highest BCUT2D eigenvalue weighted by Gasteiger charge is 2.22. The van der Waals surface area contributed by atoms with Crippen LogP contribution in [0.3, 0.4) is 0 Å². The van der Waals surface area contributed by atoms with Crippen molar-refractivity contribution in [2.45, 2.75) is 44.6 Å². The molecule has 1 aliphatic carbocycles. The second-order valence-corrected chi connectivity index (χ2v) is 7.06. The van der Waals surface area contributed by atoms with Gasteiger partial charge in [-0.25, -0.2) is 0 Å². The molecular weight excluding hydrogens is 326 g/mol. The molecule has 0 saturated heterocycles. The molecule has 3 aromatic rings. The van der Waals surface area contributed by atoms with Gasteiger partial charge in [0.2, 0.25) is 0 Å². The van der Waals surface area contributed by atoms with Crippen LogP contribution in [0.5, 0.6) is 0 Å². The molecule has 1 fully saturated rings.